The van der Waals surface area contributed by atoms with Gasteiger partial charge in [0, 0.05) is 6.04 Å². The topological polar surface area (TPSA) is 41.1 Å². The lowest BCUT2D eigenvalue weighted by Gasteiger charge is -2.34. The van der Waals surface area contributed by atoms with Gasteiger partial charge in [0.25, 0.3) is 0 Å². The van der Waals surface area contributed by atoms with Crippen molar-refractivity contribution in [3.05, 3.63) is 29.8 Å². The van der Waals surface area contributed by atoms with Crippen molar-refractivity contribution in [2.45, 2.75) is 39.2 Å². The summed E-state index contributed by atoms with van der Waals surface area (Å²) >= 11 is 0. The molecule has 3 atom stereocenters. The Kier molecular flexibility index (Phi) is 5.28. The molecule has 2 rings (SSSR count). The maximum atomic E-state index is 13.4. The third kappa shape index (κ3) is 4.00. The summed E-state index contributed by atoms with van der Waals surface area (Å²) in [6, 6.07) is 3.79. The van der Waals surface area contributed by atoms with Crippen molar-refractivity contribution in [1.29, 1.82) is 0 Å². The standard InChI is InChI=1S/C16H22F2N2O/c1-10-5-3-8-14(11(10)2)19-9-15(21)20-16-12(17)6-4-7-13(16)18/h4,6-7,10-11,14,19H,3,5,8-9H2,1-2H3,(H,20,21). The van der Waals surface area contributed by atoms with Gasteiger partial charge in [0.1, 0.15) is 17.3 Å². The van der Waals surface area contributed by atoms with Crippen LogP contribution in [-0.2, 0) is 4.79 Å². The van der Waals surface area contributed by atoms with Crippen LogP contribution in [-0.4, -0.2) is 18.5 Å². The number of carbonyl (C=O) groups is 1. The van der Waals surface area contributed by atoms with Crippen LogP contribution < -0.4 is 10.6 Å². The maximum Gasteiger partial charge on any atom is 0.238 e. The molecule has 0 heterocycles. The number of nitrogens with one attached hydrogen (secondary N) is 2. The van der Waals surface area contributed by atoms with E-state index in [9.17, 15) is 13.6 Å². The maximum absolute atomic E-state index is 13.4. The van der Waals surface area contributed by atoms with Crippen LogP contribution in [0.5, 0.6) is 0 Å². The van der Waals surface area contributed by atoms with E-state index in [4.69, 9.17) is 0 Å². The first kappa shape index (κ1) is 15.9. The fourth-order valence-corrected chi connectivity index (χ4v) is 2.89. The first-order valence-corrected chi connectivity index (χ1v) is 7.46. The Bertz CT molecular complexity index is 487. The van der Waals surface area contributed by atoms with E-state index in [2.05, 4.69) is 24.5 Å². The van der Waals surface area contributed by atoms with Crippen molar-refractivity contribution in [2.75, 3.05) is 11.9 Å². The lowest BCUT2D eigenvalue weighted by Crippen LogP contribution is -2.43. The average Bonchev–Trinajstić information content (AvgIpc) is 2.45. The van der Waals surface area contributed by atoms with Crippen molar-refractivity contribution in [2.24, 2.45) is 11.8 Å². The molecular formula is C16H22F2N2O. The van der Waals surface area contributed by atoms with Gasteiger partial charge in [0.2, 0.25) is 5.91 Å². The highest BCUT2D eigenvalue weighted by atomic mass is 19.1. The summed E-state index contributed by atoms with van der Waals surface area (Å²) in [6.45, 7) is 4.46. The minimum absolute atomic E-state index is 0.0650. The minimum Gasteiger partial charge on any atom is -0.320 e. The quantitative estimate of drug-likeness (QED) is 0.895. The van der Waals surface area contributed by atoms with Crippen molar-refractivity contribution in [1.82, 2.24) is 5.32 Å². The van der Waals surface area contributed by atoms with Crippen LogP contribution in [0.3, 0.4) is 0 Å². The summed E-state index contributed by atoms with van der Waals surface area (Å²) in [5.74, 6) is -0.824. The third-order valence-electron chi connectivity index (χ3n) is 4.46. The molecule has 0 bridgehead atoms. The average molecular weight is 296 g/mol. The molecule has 0 aliphatic heterocycles. The summed E-state index contributed by atoms with van der Waals surface area (Å²) in [7, 11) is 0. The molecule has 2 N–H and O–H groups in total. The number of rotatable bonds is 4. The second-order valence-corrected chi connectivity index (χ2v) is 5.90. The summed E-state index contributed by atoms with van der Waals surface area (Å²) in [6.07, 6.45) is 3.39. The van der Waals surface area contributed by atoms with Gasteiger partial charge < -0.3 is 10.6 Å². The van der Waals surface area contributed by atoms with Crippen LogP contribution in [0.2, 0.25) is 0 Å². The van der Waals surface area contributed by atoms with Gasteiger partial charge in [-0.05, 0) is 30.4 Å². The van der Waals surface area contributed by atoms with Gasteiger partial charge >= 0.3 is 0 Å². The predicted octanol–water partition coefficient (Wildman–Crippen LogP) is 3.32. The van der Waals surface area contributed by atoms with E-state index < -0.39 is 17.5 Å². The smallest absolute Gasteiger partial charge is 0.238 e. The van der Waals surface area contributed by atoms with Gasteiger partial charge in [-0.2, -0.15) is 0 Å². The van der Waals surface area contributed by atoms with Crippen LogP contribution in [0, 0.1) is 23.5 Å². The zero-order valence-electron chi connectivity index (χ0n) is 12.5. The van der Waals surface area contributed by atoms with Crippen LogP contribution in [0.25, 0.3) is 0 Å². The molecule has 3 unspecified atom stereocenters. The van der Waals surface area contributed by atoms with E-state index in [0.29, 0.717) is 11.8 Å². The molecule has 1 aliphatic rings. The largest absolute Gasteiger partial charge is 0.320 e. The van der Waals surface area contributed by atoms with E-state index in [0.717, 1.165) is 25.0 Å². The lowest BCUT2D eigenvalue weighted by molar-refractivity contribution is -0.115. The highest BCUT2D eigenvalue weighted by molar-refractivity contribution is 5.92. The van der Waals surface area contributed by atoms with E-state index >= 15 is 0 Å². The number of carbonyl (C=O) groups excluding carboxylic acids is 1. The number of amides is 1. The van der Waals surface area contributed by atoms with Crippen molar-refractivity contribution < 1.29 is 13.6 Å². The molecule has 0 saturated heterocycles. The van der Waals surface area contributed by atoms with Gasteiger partial charge in [-0.1, -0.05) is 32.8 Å². The molecule has 1 saturated carbocycles. The monoisotopic (exact) mass is 296 g/mol. The van der Waals surface area contributed by atoms with Crippen molar-refractivity contribution >= 4 is 11.6 Å². The van der Waals surface area contributed by atoms with E-state index in [1.54, 1.807) is 0 Å². The third-order valence-corrected chi connectivity index (χ3v) is 4.46. The Morgan fingerprint density at radius 1 is 1.24 bits per heavy atom. The van der Waals surface area contributed by atoms with Crippen LogP contribution in [0.4, 0.5) is 14.5 Å². The summed E-state index contributed by atoms with van der Waals surface area (Å²) in [5, 5.41) is 5.50. The molecule has 0 aromatic heterocycles. The second-order valence-electron chi connectivity index (χ2n) is 5.90. The Balaban J connectivity index is 1.88. The zero-order chi connectivity index (χ0) is 15.4. The van der Waals surface area contributed by atoms with Crippen molar-refractivity contribution in [3.8, 4) is 0 Å². The molecule has 0 radical (unpaired) electrons. The van der Waals surface area contributed by atoms with E-state index in [1.807, 2.05) is 0 Å². The van der Waals surface area contributed by atoms with Gasteiger partial charge in [0.05, 0.1) is 6.54 Å². The van der Waals surface area contributed by atoms with Crippen molar-refractivity contribution in [3.63, 3.8) is 0 Å². The molecule has 3 nitrogen and oxygen atoms in total. The SMILES string of the molecule is CC1CCCC(NCC(=O)Nc2c(F)cccc2F)C1C. The highest BCUT2D eigenvalue weighted by Crippen LogP contribution is 2.29. The van der Waals surface area contributed by atoms with Gasteiger partial charge in [-0.3, -0.25) is 4.79 Å². The highest BCUT2D eigenvalue weighted by Gasteiger charge is 2.27. The van der Waals surface area contributed by atoms with Crippen LogP contribution in [0.15, 0.2) is 18.2 Å². The predicted molar refractivity (Wildman–Crippen MR) is 79.0 cm³/mol. The number of anilines is 1. The molecule has 1 aromatic carbocycles. The fraction of sp³-hybridized carbons (Fsp3) is 0.562. The fourth-order valence-electron chi connectivity index (χ4n) is 2.89. The van der Waals surface area contributed by atoms with E-state index in [-0.39, 0.29) is 18.3 Å². The Hall–Kier alpha value is -1.49. The van der Waals surface area contributed by atoms with Crippen LogP contribution >= 0.6 is 0 Å². The number of para-hydroxylation sites is 1. The number of halogens is 2. The first-order valence-electron chi connectivity index (χ1n) is 7.46. The van der Waals surface area contributed by atoms with Gasteiger partial charge in [-0.25, -0.2) is 8.78 Å². The molecule has 1 amide bonds. The molecule has 116 valence electrons. The molecule has 1 aliphatic carbocycles. The normalized spacial score (nSPS) is 25.6. The Morgan fingerprint density at radius 2 is 1.90 bits per heavy atom. The molecular weight excluding hydrogens is 274 g/mol. The number of hydrogen-bond acceptors (Lipinski definition) is 2. The zero-order valence-corrected chi connectivity index (χ0v) is 12.5. The Labute approximate surface area is 124 Å². The summed E-state index contributed by atoms with van der Waals surface area (Å²) < 4.78 is 26.9. The second kappa shape index (κ2) is 6.98. The minimum atomic E-state index is -0.761. The van der Waals surface area contributed by atoms with Gasteiger partial charge in [-0.15, -0.1) is 0 Å². The molecule has 1 aromatic rings. The number of benzene rings is 1. The lowest BCUT2D eigenvalue weighted by atomic mass is 9.78. The summed E-state index contributed by atoms with van der Waals surface area (Å²) in [5.41, 5.74) is -0.380. The number of hydrogen-bond donors (Lipinski definition) is 2. The molecule has 0 spiro atoms. The molecule has 5 heteroatoms. The Morgan fingerprint density at radius 3 is 2.57 bits per heavy atom. The van der Waals surface area contributed by atoms with E-state index in [1.165, 1.54) is 12.5 Å². The first-order chi connectivity index (χ1) is 9.99. The van der Waals surface area contributed by atoms with Gasteiger partial charge in [0.15, 0.2) is 0 Å². The molecule has 1 fully saturated rings. The molecule has 21 heavy (non-hydrogen) atoms. The summed E-state index contributed by atoms with van der Waals surface area (Å²) in [4.78, 5) is 11.8. The van der Waals surface area contributed by atoms with Crippen LogP contribution in [0.1, 0.15) is 33.1 Å².